The van der Waals surface area contributed by atoms with Crippen LogP contribution in [0, 0.1) is 0 Å². The zero-order valence-electron chi connectivity index (χ0n) is 12.8. The van der Waals surface area contributed by atoms with Crippen LogP contribution < -0.4 is 15.4 Å². The highest BCUT2D eigenvalue weighted by molar-refractivity contribution is 5.94. The molecule has 0 aliphatic rings. The monoisotopic (exact) mass is 357 g/mol. The van der Waals surface area contributed by atoms with E-state index < -0.39 is 0 Å². The molecule has 2 N–H and O–H groups in total. The summed E-state index contributed by atoms with van der Waals surface area (Å²) in [6, 6.07) is 10.7. The third kappa shape index (κ3) is 7.32. The summed E-state index contributed by atoms with van der Waals surface area (Å²) in [5, 5.41) is 5.92. The van der Waals surface area contributed by atoms with E-state index in [1.54, 1.807) is 42.7 Å². The van der Waals surface area contributed by atoms with Crippen molar-refractivity contribution in [2.45, 2.75) is 6.42 Å². The molecule has 1 heterocycles. The average Bonchev–Trinajstić information content (AvgIpc) is 2.53. The summed E-state index contributed by atoms with van der Waals surface area (Å²) in [4.78, 5) is 15.9. The number of aromatic nitrogens is 1. The van der Waals surface area contributed by atoms with Crippen molar-refractivity contribution in [1.82, 2.24) is 15.6 Å². The molecule has 2 aromatic rings. The van der Waals surface area contributed by atoms with Crippen LogP contribution in [0.15, 0.2) is 48.8 Å². The molecule has 0 saturated carbocycles. The van der Waals surface area contributed by atoms with Crippen LogP contribution in [-0.4, -0.2) is 31.0 Å². The van der Waals surface area contributed by atoms with E-state index in [-0.39, 0.29) is 30.7 Å². The lowest BCUT2D eigenvalue weighted by Gasteiger charge is -2.08. The number of pyridine rings is 1. The molecule has 0 unspecified atom stereocenters. The molecule has 0 spiro atoms. The maximum absolute atomic E-state index is 12.0. The highest BCUT2D eigenvalue weighted by Gasteiger charge is 2.06. The second kappa shape index (κ2) is 11.7. The number of hydrogen-bond donors (Lipinski definition) is 2. The van der Waals surface area contributed by atoms with Crippen LogP contribution in [0.5, 0.6) is 11.5 Å². The number of rotatable bonds is 7. The van der Waals surface area contributed by atoms with Crippen molar-refractivity contribution in [1.29, 1.82) is 0 Å². The molecule has 1 amide bonds. The Morgan fingerprint density at radius 1 is 1.09 bits per heavy atom. The molecule has 1 aromatic heterocycles. The van der Waals surface area contributed by atoms with Gasteiger partial charge in [0, 0.05) is 24.5 Å². The van der Waals surface area contributed by atoms with E-state index in [9.17, 15) is 4.79 Å². The summed E-state index contributed by atoms with van der Waals surface area (Å²) in [5.41, 5.74) is 0.589. The topological polar surface area (TPSA) is 63.2 Å². The number of nitrogens with one attached hydrogen (secondary N) is 2. The summed E-state index contributed by atoms with van der Waals surface area (Å²) in [7, 11) is 1.89. The smallest absolute Gasteiger partial charge is 0.251 e. The van der Waals surface area contributed by atoms with Crippen LogP contribution in [0.25, 0.3) is 0 Å². The van der Waals surface area contributed by atoms with Crippen molar-refractivity contribution in [3.05, 3.63) is 54.4 Å². The van der Waals surface area contributed by atoms with Gasteiger partial charge in [0.05, 0.1) is 0 Å². The number of carbonyl (C=O) groups excluding carboxylic acids is 1. The first-order valence-electron chi connectivity index (χ1n) is 6.90. The second-order valence-corrected chi connectivity index (χ2v) is 4.53. The standard InChI is InChI=1S/C16H19N3O2.2ClH/c1-17-8-3-9-19-16(20)13-4-2-5-15(12-13)21-14-6-10-18-11-7-14;;/h2,4-7,10-12,17H,3,8-9H2,1H3,(H,19,20);2*1H. The fourth-order valence-corrected chi connectivity index (χ4v) is 1.81. The maximum atomic E-state index is 12.0. The van der Waals surface area contributed by atoms with Gasteiger partial charge in [0.25, 0.3) is 5.91 Å². The number of nitrogens with zero attached hydrogens (tertiary/aromatic N) is 1. The molecule has 0 radical (unpaired) electrons. The summed E-state index contributed by atoms with van der Waals surface area (Å²) < 4.78 is 5.68. The van der Waals surface area contributed by atoms with Crippen LogP contribution in [-0.2, 0) is 0 Å². The van der Waals surface area contributed by atoms with Gasteiger partial charge in [-0.3, -0.25) is 9.78 Å². The highest BCUT2D eigenvalue weighted by atomic mass is 35.5. The Kier molecular flexibility index (Phi) is 10.8. The first kappa shape index (κ1) is 21.2. The van der Waals surface area contributed by atoms with E-state index in [4.69, 9.17) is 4.74 Å². The normalized spacial score (nSPS) is 9.26. The van der Waals surface area contributed by atoms with Crippen molar-refractivity contribution in [2.24, 2.45) is 0 Å². The number of hydrogen-bond acceptors (Lipinski definition) is 4. The number of amides is 1. The molecular weight excluding hydrogens is 337 g/mol. The third-order valence-corrected chi connectivity index (χ3v) is 2.87. The lowest BCUT2D eigenvalue weighted by Crippen LogP contribution is -2.26. The predicted octanol–water partition coefficient (Wildman–Crippen LogP) is 3.06. The molecule has 126 valence electrons. The molecule has 0 fully saturated rings. The zero-order valence-corrected chi connectivity index (χ0v) is 14.5. The maximum Gasteiger partial charge on any atom is 0.251 e. The third-order valence-electron chi connectivity index (χ3n) is 2.87. The molecule has 0 saturated heterocycles. The largest absolute Gasteiger partial charge is 0.457 e. The number of halogens is 2. The lowest BCUT2D eigenvalue weighted by molar-refractivity contribution is 0.0953. The van der Waals surface area contributed by atoms with Crippen molar-refractivity contribution in [2.75, 3.05) is 20.1 Å². The van der Waals surface area contributed by atoms with Gasteiger partial charge < -0.3 is 15.4 Å². The SMILES string of the molecule is CNCCCNC(=O)c1cccc(Oc2ccncc2)c1.Cl.Cl. The van der Waals surface area contributed by atoms with E-state index >= 15 is 0 Å². The van der Waals surface area contributed by atoms with Gasteiger partial charge in [0.15, 0.2) is 0 Å². The minimum Gasteiger partial charge on any atom is -0.457 e. The Morgan fingerprint density at radius 3 is 2.52 bits per heavy atom. The van der Waals surface area contributed by atoms with Gasteiger partial charge in [-0.2, -0.15) is 0 Å². The molecule has 2 rings (SSSR count). The molecule has 23 heavy (non-hydrogen) atoms. The fourth-order valence-electron chi connectivity index (χ4n) is 1.81. The molecule has 7 heteroatoms. The van der Waals surface area contributed by atoms with Gasteiger partial charge in [-0.25, -0.2) is 0 Å². The summed E-state index contributed by atoms with van der Waals surface area (Å²) in [5.74, 6) is 1.23. The van der Waals surface area contributed by atoms with Gasteiger partial charge in [-0.05, 0) is 50.3 Å². The minimum absolute atomic E-state index is 0. The molecule has 1 aromatic carbocycles. The lowest BCUT2D eigenvalue weighted by atomic mass is 10.2. The molecule has 0 bridgehead atoms. The second-order valence-electron chi connectivity index (χ2n) is 4.53. The summed E-state index contributed by atoms with van der Waals surface area (Å²) in [6.45, 7) is 1.53. The van der Waals surface area contributed by atoms with Gasteiger partial charge in [0.1, 0.15) is 11.5 Å². The molecule has 5 nitrogen and oxygen atoms in total. The fraction of sp³-hybridized carbons (Fsp3) is 0.250. The van der Waals surface area contributed by atoms with Crippen molar-refractivity contribution < 1.29 is 9.53 Å². The van der Waals surface area contributed by atoms with Gasteiger partial charge in [-0.15, -0.1) is 24.8 Å². The summed E-state index contributed by atoms with van der Waals surface area (Å²) >= 11 is 0. The molecule has 0 atom stereocenters. The first-order valence-corrected chi connectivity index (χ1v) is 6.90. The van der Waals surface area contributed by atoms with E-state index in [0.29, 0.717) is 23.6 Å². The molecule has 0 aliphatic carbocycles. The molecule has 0 aliphatic heterocycles. The highest BCUT2D eigenvalue weighted by Crippen LogP contribution is 2.21. The average molecular weight is 358 g/mol. The van der Waals surface area contributed by atoms with Gasteiger partial charge in [0.2, 0.25) is 0 Å². The number of ether oxygens (including phenoxy) is 1. The summed E-state index contributed by atoms with van der Waals surface area (Å²) in [6.07, 6.45) is 4.22. The van der Waals surface area contributed by atoms with E-state index in [0.717, 1.165) is 13.0 Å². The van der Waals surface area contributed by atoms with Crippen molar-refractivity contribution in [3.63, 3.8) is 0 Å². The van der Waals surface area contributed by atoms with Crippen LogP contribution >= 0.6 is 24.8 Å². The van der Waals surface area contributed by atoms with Gasteiger partial charge >= 0.3 is 0 Å². The Morgan fingerprint density at radius 2 is 1.83 bits per heavy atom. The Labute approximate surface area is 148 Å². The van der Waals surface area contributed by atoms with Crippen LogP contribution in [0.2, 0.25) is 0 Å². The Balaban J connectivity index is 0.00000242. The Bertz CT molecular complexity index is 583. The van der Waals surface area contributed by atoms with Crippen molar-refractivity contribution in [3.8, 4) is 11.5 Å². The minimum atomic E-state index is -0.0914. The van der Waals surface area contributed by atoms with E-state index in [1.165, 1.54) is 0 Å². The first-order chi connectivity index (χ1) is 10.3. The van der Waals surface area contributed by atoms with Gasteiger partial charge in [-0.1, -0.05) is 6.07 Å². The van der Waals surface area contributed by atoms with Crippen LogP contribution in [0.3, 0.4) is 0 Å². The molecular formula is C16H21Cl2N3O2. The van der Waals surface area contributed by atoms with Crippen LogP contribution in [0.1, 0.15) is 16.8 Å². The van der Waals surface area contributed by atoms with Crippen LogP contribution in [0.4, 0.5) is 0 Å². The quantitative estimate of drug-likeness (QED) is 0.747. The predicted molar refractivity (Wildman–Crippen MR) is 96.1 cm³/mol. The van der Waals surface area contributed by atoms with E-state index in [2.05, 4.69) is 15.6 Å². The van der Waals surface area contributed by atoms with E-state index in [1.807, 2.05) is 13.1 Å². The zero-order chi connectivity index (χ0) is 14.9. The van der Waals surface area contributed by atoms with Crippen molar-refractivity contribution >= 4 is 30.7 Å². The number of benzene rings is 1. The number of carbonyl (C=O) groups is 1. The Hall–Kier alpha value is -1.82.